The molecule has 0 aliphatic rings. The first kappa shape index (κ1) is 37.4. The average Bonchev–Trinajstić information content (AvgIpc) is 3.87. The third-order valence-corrected chi connectivity index (χ3v) is 11.8. The van der Waals surface area contributed by atoms with Crippen molar-refractivity contribution in [2.24, 2.45) is 0 Å². The lowest BCUT2D eigenvalue weighted by Crippen LogP contribution is -2.03. The molecule has 0 saturated carbocycles. The molecule has 8 nitrogen and oxygen atoms in total. The number of para-hydroxylation sites is 1. The van der Waals surface area contributed by atoms with E-state index in [4.69, 9.17) is 9.97 Å². The van der Waals surface area contributed by atoms with Crippen LogP contribution in [0.25, 0.3) is 100 Å². The predicted molar refractivity (Wildman–Crippen MR) is 251 cm³/mol. The molecule has 0 spiro atoms. The van der Waals surface area contributed by atoms with Crippen molar-refractivity contribution >= 4 is 43.6 Å². The number of rotatable bonds is 6. The smallest absolute Gasteiger partial charge is 0.160 e. The standard InChI is InChI=1S/C56H30N8/c57-31-35-15-21-51-44(25-35)45-26-36(32-58)16-22-52(45)63(51)50-14-8-7-13-42(50)43-20-19-41(56-61-48(39-9-3-1-4-10-39)30-49(62-56)40-11-5-2-6-12-40)29-55(43)64-53-23-17-37(33-59)27-46(53)47-28-38(34-60)18-24-54(47)64/h1-30H. The van der Waals surface area contributed by atoms with Crippen LogP contribution in [0.5, 0.6) is 0 Å². The SMILES string of the molecule is N#Cc1ccc2c(c1)c1cc(C#N)ccc1n2-c1ccccc1-c1ccc(-c2nc(-c3ccccc3)cc(-c3ccccc3)n2)cc1-n1c2ccc(C#N)cc2c2cc(C#N)ccc21. The maximum atomic E-state index is 10.0. The highest BCUT2D eigenvalue weighted by Crippen LogP contribution is 2.43. The van der Waals surface area contributed by atoms with Crippen LogP contribution >= 0.6 is 0 Å². The van der Waals surface area contributed by atoms with Crippen molar-refractivity contribution in [3.05, 3.63) is 204 Å². The summed E-state index contributed by atoms with van der Waals surface area (Å²) in [4.78, 5) is 10.4. The van der Waals surface area contributed by atoms with Gasteiger partial charge in [0.05, 0.1) is 91.4 Å². The Morgan fingerprint density at radius 2 is 0.719 bits per heavy atom. The van der Waals surface area contributed by atoms with Crippen LogP contribution in [0.15, 0.2) is 182 Å². The second kappa shape index (κ2) is 15.1. The molecule has 0 bridgehead atoms. The summed E-state index contributed by atoms with van der Waals surface area (Å²) in [6.45, 7) is 0. The van der Waals surface area contributed by atoms with Crippen LogP contribution in [-0.4, -0.2) is 19.1 Å². The number of nitrogens with zero attached hydrogens (tertiary/aromatic N) is 8. The number of hydrogen-bond donors (Lipinski definition) is 0. The lowest BCUT2D eigenvalue weighted by atomic mass is 9.98. The summed E-state index contributed by atoms with van der Waals surface area (Å²) < 4.78 is 4.40. The monoisotopic (exact) mass is 814 g/mol. The van der Waals surface area contributed by atoms with E-state index < -0.39 is 0 Å². The van der Waals surface area contributed by atoms with Gasteiger partial charge in [0.1, 0.15) is 0 Å². The minimum Gasteiger partial charge on any atom is -0.309 e. The molecule has 8 aromatic carbocycles. The van der Waals surface area contributed by atoms with Gasteiger partial charge >= 0.3 is 0 Å². The zero-order valence-electron chi connectivity index (χ0n) is 33.9. The molecule has 11 rings (SSSR count). The van der Waals surface area contributed by atoms with Crippen molar-refractivity contribution in [1.29, 1.82) is 21.0 Å². The first-order valence-corrected chi connectivity index (χ1v) is 20.5. The van der Waals surface area contributed by atoms with Crippen molar-refractivity contribution in [3.8, 4) is 80.7 Å². The molecule has 0 unspecified atom stereocenters. The Labute approximate surface area is 367 Å². The van der Waals surface area contributed by atoms with Crippen LogP contribution in [0, 0.1) is 45.3 Å². The molecule has 0 N–H and O–H groups in total. The molecule has 0 atom stereocenters. The second-order valence-electron chi connectivity index (χ2n) is 15.5. The third kappa shape index (κ3) is 6.12. The van der Waals surface area contributed by atoms with Gasteiger partial charge in [-0.3, -0.25) is 0 Å². The number of hydrogen-bond acceptors (Lipinski definition) is 6. The number of fused-ring (bicyclic) bond motifs is 6. The summed E-state index contributed by atoms with van der Waals surface area (Å²) >= 11 is 0. The largest absolute Gasteiger partial charge is 0.309 e. The highest BCUT2D eigenvalue weighted by Gasteiger charge is 2.23. The van der Waals surface area contributed by atoms with E-state index in [1.807, 2.05) is 152 Å². The molecular weight excluding hydrogens is 785 g/mol. The van der Waals surface area contributed by atoms with E-state index in [0.717, 1.165) is 94.2 Å². The van der Waals surface area contributed by atoms with Crippen LogP contribution < -0.4 is 0 Å². The summed E-state index contributed by atoms with van der Waals surface area (Å²) in [5.41, 5.74) is 13.4. The van der Waals surface area contributed by atoms with Crippen molar-refractivity contribution in [1.82, 2.24) is 19.1 Å². The average molecular weight is 815 g/mol. The van der Waals surface area contributed by atoms with Crippen LogP contribution in [0.4, 0.5) is 0 Å². The van der Waals surface area contributed by atoms with Crippen LogP contribution in [0.2, 0.25) is 0 Å². The Balaban J connectivity index is 1.23. The molecule has 0 saturated heterocycles. The van der Waals surface area contributed by atoms with E-state index in [2.05, 4.69) is 63.7 Å². The molecule has 11 aromatic rings. The summed E-state index contributed by atoms with van der Waals surface area (Å²) in [5, 5.41) is 43.3. The fraction of sp³-hybridized carbons (Fsp3) is 0. The maximum absolute atomic E-state index is 10.0. The third-order valence-electron chi connectivity index (χ3n) is 11.8. The molecule has 64 heavy (non-hydrogen) atoms. The van der Waals surface area contributed by atoms with Crippen molar-refractivity contribution in [3.63, 3.8) is 0 Å². The van der Waals surface area contributed by atoms with Gasteiger partial charge in [0.15, 0.2) is 5.82 Å². The van der Waals surface area contributed by atoms with E-state index >= 15 is 0 Å². The van der Waals surface area contributed by atoms with Gasteiger partial charge in [-0.1, -0.05) is 91.0 Å². The predicted octanol–water partition coefficient (Wildman–Crippen LogP) is 12.8. The summed E-state index contributed by atoms with van der Waals surface area (Å²) in [5.74, 6) is 0.546. The summed E-state index contributed by atoms with van der Waals surface area (Å²) in [7, 11) is 0. The summed E-state index contributed by atoms with van der Waals surface area (Å²) in [6.07, 6.45) is 0. The Morgan fingerprint density at radius 3 is 1.16 bits per heavy atom. The Kier molecular flexibility index (Phi) is 8.85. The summed E-state index contributed by atoms with van der Waals surface area (Å²) in [6, 6.07) is 68.6. The second-order valence-corrected chi connectivity index (χ2v) is 15.5. The molecule has 294 valence electrons. The maximum Gasteiger partial charge on any atom is 0.160 e. The van der Waals surface area contributed by atoms with Gasteiger partial charge in [0.25, 0.3) is 0 Å². The lowest BCUT2D eigenvalue weighted by molar-refractivity contribution is 1.15. The topological polar surface area (TPSA) is 131 Å². The number of nitriles is 4. The highest BCUT2D eigenvalue weighted by atomic mass is 15.0. The molecule has 0 fully saturated rings. The normalized spacial score (nSPS) is 11.1. The van der Waals surface area contributed by atoms with Crippen LogP contribution in [-0.2, 0) is 0 Å². The van der Waals surface area contributed by atoms with E-state index in [0.29, 0.717) is 28.1 Å². The quantitative estimate of drug-likeness (QED) is 0.164. The molecule has 3 aromatic heterocycles. The molecule has 0 amide bonds. The lowest BCUT2D eigenvalue weighted by Gasteiger charge is -2.19. The van der Waals surface area contributed by atoms with Crippen molar-refractivity contribution in [2.45, 2.75) is 0 Å². The minimum absolute atomic E-state index is 0.512. The van der Waals surface area contributed by atoms with E-state index in [9.17, 15) is 21.0 Å². The molecule has 8 heteroatoms. The highest BCUT2D eigenvalue weighted by molar-refractivity contribution is 6.12. The van der Waals surface area contributed by atoms with Gasteiger partial charge in [0, 0.05) is 49.4 Å². The fourth-order valence-corrected chi connectivity index (χ4v) is 8.91. The molecule has 0 radical (unpaired) electrons. The Hall–Kier alpha value is -9.60. The van der Waals surface area contributed by atoms with Crippen LogP contribution in [0.1, 0.15) is 22.3 Å². The van der Waals surface area contributed by atoms with Gasteiger partial charge in [-0.15, -0.1) is 0 Å². The van der Waals surface area contributed by atoms with E-state index in [1.54, 1.807) is 0 Å². The Bertz CT molecular complexity index is 3690. The molecular formula is C56H30N8. The van der Waals surface area contributed by atoms with Gasteiger partial charge in [-0.25, -0.2) is 9.97 Å². The fourth-order valence-electron chi connectivity index (χ4n) is 8.91. The zero-order valence-corrected chi connectivity index (χ0v) is 33.9. The van der Waals surface area contributed by atoms with Crippen molar-refractivity contribution in [2.75, 3.05) is 0 Å². The number of benzene rings is 8. The van der Waals surface area contributed by atoms with Crippen LogP contribution in [0.3, 0.4) is 0 Å². The Morgan fingerprint density at radius 1 is 0.328 bits per heavy atom. The van der Waals surface area contributed by atoms with Gasteiger partial charge in [-0.05, 0) is 91.0 Å². The first-order chi connectivity index (χ1) is 31.5. The number of aromatic nitrogens is 4. The molecule has 0 aliphatic carbocycles. The van der Waals surface area contributed by atoms with E-state index in [-0.39, 0.29) is 0 Å². The van der Waals surface area contributed by atoms with E-state index in [1.165, 1.54) is 0 Å². The zero-order chi connectivity index (χ0) is 43.3. The molecule has 0 aliphatic heterocycles. The first-order valence-electron chi connectivity index (χ1n) is 20.5. The minimum atomic E-state index is 0.512. The van der Waals surface area contributed by atoms with Gasteiger partial charge in [-0.2, -0.15) is 21.0 Å². The van der Waals surface area contributed by atoms with Gasteiger partial charge in [0.2, 0.25) is 0 Å². The van der Waals surface area contributed by atoms with Crippen molar-refractivity contribution < 1.29 is 0 Å². The molecule has 3 heterocycles. The van der Waals surface area contributed by atoms with Gasteiger partial charge < -0.3 is 9.13 Å².